The lowest BCUT2D eigenvalue weighted by molar-refractivity contribution is 0.361. The third-order valence-electron chi connectivity index (χ3n) is 8.60. The van der Waals surface area contributed by atoms with Gasteiger partial charge in [-0.15, -0.1) is 0 Å². The average Bonchev–Trinajstić information content (AvgIpc) is 3.40. The number of hydrogen-bond donors (Lipinski definition) is 2. The Bertz CT molecular complexity index is 1420. The van der Waals surface area contributed by atoms with Crippen LogP contribution in [0.15, 0.2) is 84.9 Å². The number of nitrogens with two attached hydrogens (primary N) is 1. The highest BCUT2D eigenvalue weighted by Crippen LogP contribution is 2.66. The standard InChI is InChI=1S/C32H38N2O2S/c1-3-4-5-7-16-26-22-29-30(34-37(33,35)36)20-21-32(29,31(26)25-14-8-6-9-15-25)23(2)27-19-12-17-24-13-10-11-18-28(24)27/h6,8-15,17-19,29-30,34H,2-5,7,16,20-22H2,1H3,(H2,33,35,36). The van der Waals surface area contributed by atoms with Crippen molar-refractivity contribution in [1.29, 1.82) is 0 Å². The van der Waals surface area contributed by atoms with Crippen LogP contribution in [0.4, 0.5) is 0 Å². The first-order chi connectivity index (χ1) is 17.8. The first-order valence-electron chi connectivity index (χ1n) is 13.6. The van der Waals surface area contributed by atoms with Crippen LogP contribution in [0.1, 0.15) is 69.4 Å². The van der Waals surface area contributed by atoms with Crippen molar-refractivity contribution < 1.29 is 8.42 Å². The van der Waals surface area contributed by atoms with Gasteiger partial charge in [0.25, 0.3) is 10.2 Å². The third-order valence-corrected chi connectivity index (χ3v) is 9.23. The normalized spacial score (nSPS) is 23.5. The van der Waals surface area contributed by atoms with Crippen LogP contribution in [0.2, 0.25) is 0 Å². The monoisotopic (exact) mass is 514 g/mol. The fraction of sp³-hybridized carbons (Fsp3) is 0.375. The summed E-state index contributed by atoms with van der Waals surface area (Å²) < 4.78 is 27.2. The van der Waals surface area contributed by atoms with Crippen LogP contribution >= 0.6 is 0 Å². The Morgan fingerprint density at radius 1 is 1.00 bits per heavy atom. The van der Waals surface area contributed by atoms with Crippen LogP contribution in [-0.4, -0.2) is 14.5 Å². The van der Waals surface area contributed by atoms with E-state index in [4.69, 9.17) is 11.7 Å². The summed E-state index contributed by atoms with van der Waals surface area (Å²) in [5.41, 5.74) is 5.94. The molecule has 3 N–H and O–H groups in total. The van der Waals surface area contributed by atoms with Gasteiger partial charge in [0.15, 0.2) is 0 Å². The molecule has 3 unspecified atom stereocenters. The molecule has 0 aromatic heterocycles. The van der Waals surface area contributed by atoms with Crippen molar-refractivity contribution in [3.63, 3.8) is 0 Å². The molecule has 0 aliphatic heterocycles. The quantitative estimate of drug-likeness (QED) is 0.280. The van der Waals surface area contributed by atoms with E-state index in [1.165, 1.54) is 46.7 Å². The SMILES string of the molecule is C=C(c1cccc2ccccc12)C12CCC(NS(N)(=O)=O)C1CC(CCCCCC)=C2c1ccccc1. The summed E-state index contributed by atoms with van der Waals surface area (Å²) in [6, 6.07) is 25.4. The first-order valence-corrected chi connectivity index (χ1v) is 15.2. The van der Waals surface area contributed by atoms with Crippen molar-refractivity contribution >= 4 is 32.1 Å². The topological polar surface area (TPSA) is 72.2 Å². The molecule has 3 aromatic carbocycles. The Morgan fingerprint density at radius 2 is 1.73 bits per heavy atom. The maximum Gasteiger partial charge on any atom is 0.274 e. The van der Waals surface area contributed by atoms with Gasteiger partial charge in [0.05, 0.1) is 0 Å². The van der Waals surface area contributed by atoms with Crippen LogP contribution in [0, 0.1) is 11.3 Å². The van der Waals surface area contributed by atoms with Gasteiger partial charge in [0.2, 0.25) is 0 Å². The summed E-state index contributed by atoms with van der Waals surface area (Å²) >= 11 is 0. The molecule has 2 aliphatic carbocycles. The second kappa shape index (κ2) is 10.6. The summed E-state index contributed by atoms with van der Waals surface area (Å²) in [6.07, 6.45) is 8.29. The highest BCUT2D eigenvalue weighted by Gasteiger charge is 2.57. The Balaban J connectivity index is 1.68. The maximum absolute atomic E-state index is 12.2. The highest BCUT2D eigenvalue weighted by atomic mass is 32.2. The molecule has 2 aliphatic rings. The fourth-order valence-electron chi connectivity index (χ4n) is 7.09. The molecule has 194 valence electrons. The van der Waals surface area contributed by atoms with E-state index < -0.39 is 10.2 Å². The number of nitrogens with one attached hydrogen (secondary N) is 1. The second-order valence-corrected chi connectivity index (χ2v) is 12.1. The van der Waals surface area contributed by atoms with E-state index in [0.29, 0.717) is 0 Å². The van der Waals surface area contributed by atoms with E-state index in [-0.39, 0.29) is 17.4 Å². The molecule has 3 atom stereocenters. The van der Waals surface area contributed by atoms with Crippen LogP contribution in [0.3, 0.4) is 0 Å². The summed E-state index contributed by atoms with van der Waals surface area (Å²) in [4.78, 5) is 0. The Hall–Kier alpha value is -2.73. The van der Waals surface area contributed by atoms with Crippen molar-refractivity contribution in [2.45, 2.75) is 64.3 Å². The van der Waals surface area contributed by atoms with Gasteiger partial charge in [-0.25, -0.2) is 5.14 Å². The van der Waals surface area contributed by atoms with Crippen LogP contribution < -0.4 is 9.86 Å². The zero-order valence-corrected chi connectivity index (χ0v) is 22.6. The maximum atomic E-state index is 12.2. The van der Waals surface area contributed by atoms with Crippen molar-refractivity contribution in [1.82, 2.24) is 4.72 Å². The van der Waals surface area contributed by atoms with Gasteiger partial charge in [-0.05, 0) is 71.1 Å². The van der Waals surface area contributed by atoms with E-state index in [1.54, 1.807) is 0 Å². The lowest BCUT2D eigenvalue weighted by atomic mass is 9.66. The largest absolute Gasteiger partial charge is 0.274 e. The molecule has 5 heteroatoms. The molecule has 0 heterocycles. The minimum Gasteiger partial charge on any atom is -0.216 e. The zero-order chi connectivity index (χ0) is 26.0. The molecule has 1 saturated carbocycles. The molecule has 37 heavy (non-hydrogen) atoms. The lowest BCUT2D eigenvalue weighted by Crippen LogP contribution is -2.43. The second-order valence-electron chi connectivity index (χ2n) is 10.8. The van der Waals surface area contributed by atoms with Gasteiger partial charge in [-0.1, -0.05) is 111 Å². The van der Waals surface area contributed by atoms with Crippen LogP contribution in [-0.2, 0) is 10.2 Å². The van der Waals surface area contributed by atoms with Crippen LogP contribution in [0.5, 0.6) is 0 Å². The molecule has 3 aromatic rings. The van der Waals surface area contributed by atoms with Crippen molar-refractivity contribution in [3.8, 4) is 0 Å². The number of hydrogen-bond acceptors (Lipinski definition) is 2. The number of unbranched alkanes of at least 4 members (excludes halogenated alkanes) is 3. The molecule has 4 nitrogen and oxygen atoms in total. The molecule has 0 amide bonds. The van der Waals surface area contributed by atoms with Gasteiger partial charge in [-0.3, -0.25) is 0 Å². The minimum absolute atomic E-state index is 0.0775. The van der Waals surface area contributed by atoms with E-state index >= 15 is 0 Å². The fourth-order valence-corrected chi connectivity index (χ4v) is 7.79. The third kappa shape index (κ3) is 4.93. The molecular weight excluding hydrogens is 476 g/mol. The molecule has 0 spiro atoms. The highest BCUT2D eigenvalue weighted by molar-refractivity contribution is 7.87. The van der Waals surface area contributed by atoms with Gasteiger partial charge in [0.1, 0.15) is 0 Å². The van der Waals surface area contributed by atoms with E-state index in [0.717, 1.165) is 43.2 Å². The average molecular weight is 515 g/mol. The summed E-state index contributed by atoms with van der Waals surface area (Å²) in [7, 11) is -3.82. The van der Waals surface area contributed by atoms with Gasteiger partial charge >= 0.3 is 0 Å². The first kappa shape index (κ1) is 25.9. The van der Waals surface area contributed by atoms with Crippen molar-refractivity contribution in [2.24, 2.45) is 16.5 Å². The van der Waals surface area contributed by atoms with Crippen molar-refractivity contribution in [3.05, 3.63) is 96.1 Å². The zero-order valence-electron chi connectivity index (χ0n) is 21.7. The molecule has 0 saturated heterocycles. The predicted octanol–water partition coefficient (Wildman–Crippen LogP) is 7.24. The molecule has 0 bridgehead atoms. The summed E-state index contributed by atoms with van der Waals surface area (Å²) in [6.45, 7) is 7.04. The Kier molecular flexibility index (Phi) is 7.39. The number of allylic oxidation sites excluding steroid dienone is 3. The molecule has 0 radical (unpaired) electrons. The molecular formula is C32H38N2O2S. The summed E-state index contributed by atoms with van der Waals surface area (Å²) in [5.74, 6) is 0.0775. The van der Waals surface area contributed by atoms with Gasteiger partial charge in [0, 0.05) is 11.5 Å². The van der Waals surface area contributed by atoms with E-state index in [1.807, 2.05) is 0 Å². The number of benzene rings is 3. The summed E-state index contributed by atoms with van der Waals surface area (Å²) in [5, 5.41) is 7.90. The molecule has 1 fully saturated rings. The predicted molar refractivity (Wildman–Crippen MR) is 155 cm³/mol. The number of fused-ring (bicyclic) bond motifs is 2. The lowest BCUT2D eigenvalue weighted by Gasteiger charge is -2.38. The van der Waals surface area contributed by atoms with E-state index in [2.05, 4.69) is 84.4 Å². The minimum atomic E-state index is -3.82. The van der Waals surface area contributed by atoms with E-state index in [9.17, 15) is 8.42 Å². The van der Waals surface area contributed by atoms with Crippen molar-refractivity contribution in [2.75, 3.05) is 0 Å². The Labute approximate surface area is 221 Å². The Morgan fingerprint density at radius 3 is 2.49 bits per heavy atom. The molecule has 5 rings (SSSR count). The van der Waals surface area contributed by atoms with Crippen LogP contribution in [0.25, 0.3) is 21.9 Å². The number of rotatable bonds is 10. The van der Waals surface area contributed by atoms with Gasteiger partial charge < -0.3 is 0 Å². The van der Waals surface area contributed by atoms with Gasteiger partial charge in [-0.2, -0.15) is 13.1 Å². The smallest absolute Gasteiger partial charge is 0.216 e.